The maximum absolute atomic E-state index is 11.4. The fourth-order valence-electron chi connectivity index (χ4n) is 3.52. The number of benzene rings is 1. The Morgan fingerprint density at radius 2 is 1.72 bits per heavy atom. The fraction of sp³-hybridized carbons (Fsp3) is 0.562. The van der Waals surface area contributed by atoms with Gasteiger partial charge in [0.15, 0.2) is 0 Å². The predicted octanol–water partition coefficient (Wildman–Crippen LogP) is 3.34. The van der Waals surface area contributed by atoms with Crippen molar-refractivity contribution >= 4 is 5.78 Å². The van der Waals surface area contributed by atoms with Crippen LogP contribution in [-0.4, -0.2) is 23.3 Å². The van der Waals surface area contributed by atoms with E-state index in [1.165, 1.54) is 24.9 Å². The standard InChI is InChI=1S/C16H21NO/c18-15-10-8-14(9-11-15)17-12-4-7-16(17)13-5-2-1-3-6-13/h1-3,5-6,14,16H,4,7-12H2. The minimum atomic E-state index is 0.460. The van der Waals surface area contributed by atoms with Crippen LogP contribution in [0.1, 0.15) is 50.1 Å². The van der Waals surface area contributed by atoms with Crippen LogP contribution in [0.15, 0.2) is 30.3 Å². The zero-order valence-electron chi connectivity index (χ0n) is 10.8. The Hall–Kier alpha value is -1.15. The van der Waals surface area contributed by atoms with Crippen molar-refractivity contribution in [3.63, 3.8) is 0 Å². The first-order valence-electron chi connectivity index (χ1n) is 7.17. The number of ketones is 1. The van der Waals surface area contributed by atoms with Crippen molar-refractivity contribution in [1.82, 2.24) is 4.90 Å². The van der Waals surface area contributed by atoms with Crippen LogP contribution in [0, 0.1) is 0 Å². The van der Waals surface area contributed by atoms with Crippen molar-refractivity contribution in [2.24, 2.45) is 0 Å². The highest BCUT2D eigenvalue weighted by Crippen LogP contribution is 2.36. The van der Waals surface area contributed by atoms with Crippen LogP contribution in [0.3, 0.4) is 0 Å². The Labute approximate surface area is 109 Å². The molecule has 1 saturated carbocycles. The van der Waals surface area contributed by atoms with Crippen LogP contribution in [0.4, 0.5) is 0 Å². The second kappa shape index (κ2) is 5.23. The Bertz CT molecular complexity index is 404. The van der Waals surface area contributed by atoms with Crippen molar-refractivity contribution in [2.75, 3.05) is 6.54 Å². The normalized spacial score (nSPS) is 26.7. The molecule has 2 aliphatic rings. The first-order valence-corrected chi connectivity index (χ1v) is 7.17. The van der Waals surface area contributed by atoms with Gasteiger partial charge in [-0.1, -0.05) is 30.3 Å². The Morgan fingerprint density at radius 3 is 2.44 bits per heavy atom. The van der Waals surface area contributed by atoms with E-state index in [9.17, 15) is 4.79 Å². The van der Waals surface area contributed by atoms with Crippen molar-refractivity contribution in [3.8, 4) is 0 Å². The summed E-state index contributed by atoms with van der Waals surface area (Å²) < 4.78 is 0. The lowest BCUT2D eigenvalue weighted by molar-refractivity contribution is -0.121. The van der Waals surface area contributed by atoms with Crippen molar-refractivity contribution in [1.29, 1.82) is 0 Å². The number of Topliss-reactive ketones (excluding diaryl/α,β-unsaturated/α-hetero) is 1. The van der Waals surface area contributed by atoms with Crippen LogP contribution in [0.25, 0.3) is 0 Å². The van der Waals surface area contributed by atoms with Gasteiger partial charge in [0.25, 0.3) is 0 Å². The third kappa shape index (κ3) is 2.35. The molecule has 0 bridgehead atoms. The van der Waals surface area contributed by atoms with Gasteiger partial charge < -0.3 is 0 Å². The molecule has 1 unspecified atom stereocenters. The summed E-state index contributed by atoms with van der Waals surface area (Å²) in [5.74, 6) is 0.460. The molecule has 1 aliphatic heterocycles. The van der Waals surface area contributed by atoms with Gasteiger partial charge in [-0.2, -0.15) is 0 Å². The largest absolute Gasteiger partial charge is 0.300 e. The summed E-state index contributed by atoms with van der Waals surface area (Å²) in [7, 11) is 0. The van der Waals surface area contributed by atoms with Gasteiger partial charge in [-0.3, -0.25) is 9.69 Å². The second-order valence-corrected chi connectivity index (χ2v) is 5.58. The molecule has 0 spiro atoms. The minimum Gasteiger partial charge on any atom is -0.300 e. The average molecular weight is 243 g/mol. The van der Waals surface area contributed by atoms with E-state index in [-0.39, 0.29) is 0 Å². The molecule has 0 amide bonds. The molecule has 1 heterocycles. The molecular weight excluding hydrogens is 222 g/mol. The zero-order valence-corrected chi connectivity index (χ0v) is 10.8. The van der Waals surface area contributed by atoms with E-state index in [0.29, 0.717) is 17.9 Å². The summed E-state index contributed by atoms with van der Waals surface area (Å²) in [4.78, 5) is 14.0. The van der Waals surface area contributed by atoms with Crippen LogP contribution in [0.5, 0.6) is 0 Å². The van der Waals surface area contributed by atoms with Gasteiger partial charge >= 0.3 is 0 Å². The van der Waals surface area contributed by atoms with Crippen LogP contribution >= 0.6 is 0 Å². The van der Waals surface area contributed by atoms with Gasteiger partial charge in [0.2, 0.25) is 0 Å². The third-order valence-corrected chi connectivity index (χ3v) is 4.46. The van der Waals surface area contributed by atoms with Gasteiger partial charge in [0.05, 0.1) is 0 Å². The smallest absolute Gasteiger partial charge is 0.133 e. The van der Waals surface area contributed by atoms with Crippen LogP contribution in [-0.2, 0) is 4.79 Å². The lowest BCUT2D eigenvalue weighted by atomic mass is 9.92. The summed E-state index contributed by atoms with van der Waals surface area (Å²) in [5.41, 5.74) is 1.45. The minimum absolute atomic E-state index is 0.460. The third-order valence-electron chi connectivity index (χ3n) is 4.46. The van der Waals surface area contributed by atoms with Crippen LogP contribution in [0.2, 0.25) is 0 Å². The summed E-state index contributed by atoms with van der Waals surface area (Å²) in [6, 6.07) is 12.1. The maximum Gasteiger partial charge on any atom is 0.133 e. The number of likely N-dealkylation sites (tertiary alicyclic amines) is 1. The summed E-state index contributed by atoms with van der Waals surface area (Å²) in [5, 5.41) is 0. The molecule has 1 atom stereocenters. The van der Waals surface area contributed by atoms with Crippen molar-refractivity contribution in [3.05, 3.63) is 35.9 Å². The molecule has 96 valence electrons. The molecule has 0 N–H and O–H groups in total. The molecule has 2 nitrogen and oxygen atoms in total. The van der Waals surface area contributed by atoms with Gasteiger partial charge in [0.1, 0.15) is 5.78 Å². The van der Waals surface area contributed by atoms with Crippen LogP contribution < -0.4 is 0 Å². The van der Waals surface area contributed by atoms with Crippen molar-refractivity contribution in [2.45, 2.75) is 50.6 Å². The molecule has 1 aromatic carbocycles. The highest BCUT2D eigenvalue weighted by Gasteiger charge is 2.33. The molecule has 0 aromatic heterocycles. The molecule has 1 saturated heterocycles. The van der Waals surface area contributed by atoms with E-state index >= 15 is 0 Å². The molecule has 2 heteroatoms. The lowest BCUT2D eigenvalue weighted by Gasteiger charge is -2.35. The molecule has 0 radical (unpaired) electrons. The molecule has 1 aromatic rings. The molecule has 2 fully saturated rings. The van der Waals surface area contributed by atoms with E-state index in [4.69, 9.17) is 0 Å². The molecule has 3 rings (SSSR count). The molecular formula is C16H21NO. The topological polar surface area (TPSA) is 20.3 Å². The quantitative estimate of drug-likeness (QED) is 0.794. The summed E-state index contributed by atoms with van der Waals surface area (Å²) >= 11 is 0. The maximum atomic E-state index is 11.4. The van der Waals surface area contributed by atoms with Gasteiger partial charge in [0, 0.05) is 24.9 Å². The number of carbonyl (C=O) groups excluding carboxylic acids is 1. The first kappa shape index (κ1) is 11.9. The van der Waals surface area contributed by atoms with Gasteiger partial charge in [-0.05, 0) is 37.8 Å². The SMILES string of the molecule is O=C1CCC(N2CCCC2c2ccccc2)CC1. The van der Waals surface area contributed by atoms with E-state index < -0.39 is 0 Å². The number of carbonyl (C=O) groups is 1. The highest BCUT2D eigenvalue weighted by atomic mass is 16.1. The first-order chi connectivity index (χ1) is 8.84. The fourth-order valence-corrected chi connectivity index (χ4v) is 3.52. The Kier molecular flexibility index (Phi) is 3.46. The monoisotopic (exact) mass is 243 g/mol. The highest BCUT2D eigenvalue weighted by molar-refractivity contribution is 5.79. The van der Waals surface area contributed by atoms with E-state index in [2.05, 4.69) is 35.2 Å². The number of hydrogen-bond donors (Lipinski definition) is 0. The molecule has 18 heavy (non-hydrogen) atoms. The Balaban J connectivity index is 1.73. The molecule has 1 aliphatic carbocycles. The summed E-state index contributed by atoms with van der Waals surface area (Å²) in [6.07, 6.45) is 6.30. The average Bonchev–Trinajstić information content (AvgIpc) is 2.90. The Morgan fingerprint density at radius 1 is 1.00 bits per heavy atom. The van der Waals surface area contributed by atoms with E-state index in [0.717, 1.165) is 25.7 Å². The van der Waals surface area contributed by atoms with Gasteiger partial charge in [-0.25, -0.2) is 0 Å². The van der Waals surface area contributed by atoms with Gasteiger partial charge in [-0.15, -0.1) is 0 Å². The number of hydrogen-bond acceptors (Lipinski definition) is 2. The lowest BCUT2D eigenvalue weighted by Crippen LogP contribution is -2.37. The van der Waals surface area contributed by atoms with Crippen molar-refractivity contribution < 1.29 is 4.79 Å². The second-order valence-electron chi connectivity index (χ2n) is 5.58. The zero-order chi connectivity index (χ0) is 12.4. The van der Waals surface area contributed by atoms with E-state index in [1.807, 2.05) is 0 Å². The van der Waals surface area contributed by atoms with E-state index in [1.54, 1.807) is 0 Å². The summed E-state index contributed by atoms with van der Waals surface area (Å²) in [6.45, 7) is 1.21. The predicted molar refractivity (Wildman–Crippen MR) is 72.4 cm³/mol. The number of rotatable bonds is 2. The number of nitrogens with zero attached hydrogens (tertiary/aromatic N) is 1.